The number of likely N-dealkylation sites (N-methyl/N-ethyl adjacent to an activating group) is 1. The molecule has 0 aliphatic carbocycles. The maximum Gasteiger partial charge on any atom is 0.254 e. The molecule has 0 saturated heterocycles. The first kappa shape index (κ1) is 21.9. The van der Waals surface area contributed by atoms with Gasteiger partial charge in [0.2, 0.25) is 5.91 Å². The van der Waals surface area contributed by atoms with E-state index in [1.165, 1.54) is 4.90 Å². The van der Waals surface area contributed by atoms with Crippen molar-refractivity contribution in [3.05, 3.63) is 81.1 Å². The average Bonchev–Trinajstić information content (AvgIpc) is 3.01. The van der Waals surface area contributed by atoms with Gasteiger partial charge in [0.25, 0.3) is 5.91 Å². The van der Waals surface area contributed by atoms with Crippen LogP contribution in [0.2, 0.25) is 10.0 Å². The van der Waals surface area contributed by atoms with Gasteiger partial charge in [0.15, 0.2) is 0 Å². The molecule has 2 amide bonds. The van der Waals surface area contributed by atoms with Crippen LogP contribution in [0.15, 0.2) is 48.5 Å². The van der Waals surface area contributed by atoms with Crippen molar-refractivity contribution >= 4 is 40.7 Å². The number of hydrogen-bond donors (Lipinski definition) is 1. The zero-order valence-electron chi connectivity index (χ0n) is 16.9. The number of rotatable bonds is 6. The van der Waals surface area contributed by atoms with Crippen LogP contribution in [-0.4, -0.2) is 40.1 Å². The Bertz CT molecular complexity index is 1080. The van der Waals surface area contributed by atoms with Crippen molar-refractivity contribution in [2.24, 2.45) is 0 Å². The van der Waals surface area contributed by atoms with Crippen LogP contribution >= 0.6 is 23.2 Å². The summed E-state index contributed by atoms with van der Waals surface area (Å²) in [5.74, 6) is -0.567. The Morgan fingerprint density at radius 3 is 2.33 bits per heavy atom. The van der Waals surface area contributed by atoms with E-state index in [0.29, 0.717) is 27.8 Å². The molecule has 1 N–H and O–H groups in total. The summed E-state index contributed by atoms with van der Waals surface area (Å²) in [4.78, 5) is 26.3. The summed E-state index contributed by atoms with van der Waals surface area (Å²) >= 11 is 11.8. The van der Waals surface area contributed by atoms with Gasteiger partial charge in [0.1, 0.15) is 0 Å². The molecule has 0 aliphatic rings. The molecule has 3 rings (SSSR count). The van der Waals surface area contributed by atoms with Crippen LogP contribution in [0.4, 0.5) is 5.69 Å². The quantitative estimate of drug-likeness (QED) is 0.605. The van der Waals surface area contributed by atoms with Crippen LogP contribution < -0.4 is 5.32 Å². The number of carbonyl (C=O) groups excluding carboxylic acids is 2. The van der Waals surface area contributed by atoms with Gasteiger partial charge in [-0.05, 0) is 55.8 Å². The van der Waals surface area contributed by atoms with Gasteiger partial charge in [0, 0.05) is 24.0 Å². The Morgan fingerprint density at radius 2 is 1.73 bits per heavy atom. The Hall–Kier alpha value is -2.83. The molecule has 0 saturated carbocycles. The van der Waals surface area contributed by atoms with Crippen LogP contribution in [0.1, 0.15) is 27.3 Å². The smallest absolute Gasteiger partial charge is 0.254 e. The molecular formula is C22H22Cl2N4O2. The van der Waals surface area contributed by atoms with Crippen molar-refractivity contribution in [2.45, 2.75) is 20.4 Å². The molecule has 0 unspecified atom stereocenters. The van der Waals surface area contributed by atoms with Gasteiger partial charge in [-0.1, -0.05) is 35.3 Å². The molecular weight excluding hydrogens is 423 g/mol. The van der Waals surface area contributed by atoms with E-state index in [0.717, 1.165) is 17.0 Å². The van der Waals surface area contributed by atoms with Gasteiger partial charge in [0.05, 0.1) is 28.8 Å². The predicted octanol–water partition coefficient (Wildman–Crippen LogP) is 4.57. The number of hydrogen-bond acceptors (Lipinski definition) is 3. The fourth-order valence-corrected chi connectivity index (χ4v) is 3.34. The van der Waals surface area contributed by atoms with E-state index in [9.17, 15) is 9.59 Å². The van der Waals surface area contributed by atoms with Crippen LogP contribution in [-0.2, 0) is 11.3 Å². The normalized spacial score (nSPS) is 10.7. The summed E-state index contributed by atoms with van der Waals surface area (Å²) < 4.78 is 1.92. The van der Waals surface area contributed by atoms with Gasteiger partial charge in [-0.3, -0.25) is 14.3 Å². The number of nitrogens with one attached hydrogen (secondary N) is 1. The van der Waals surface area contributed by atoms with E-state index < -0.39 is 0 Å². The molecule has 3 aromatic rings. The Balaban J connectivity index is 1.59. The van der Waals surface area contributed by atoms with E-state index in [-0.39, 0.29) is 18.4 Å². The first-order valence-corrected chi connectivity index (χ1v) is 10.1. The third kappa shape index (κ3) is 5.40. The molecule has 156 valence electrons. The zero-order valence-corrected chi connectivity index (χ0v) is 18.5. The lowest BCUT2D eigenvalue weighted by Gasteiger charge is -2.17. The molecule has 8 heteroatoms. The maximum absolute atomic E-state index is 12.6. The monoisotopic (exact) mass is 444 g/mol. The molecule has 1 aromatic heterocycles. The van der Waals surface area contributed by atoms with E-state index in [2.05, 4.69) is 10.4 Å². The van der Waals surface area contributed by atoms with Crippen LogP contribution in [0.25, 0.3) is 0 Å². The fourth-order valence-electron chi connectivity index (χ4n) is 3.04. The number of benzene rings is 2. The second kappa shape index (κ2) is 9.32. The van der Waals surface area contributed by atoms with Crippen LogP contribution in [0.3, 0.4) is 0 Å². The lowest BCUT2D eigenvalue weighted by molar-refractivity contribution is -0.116. The van der Waals surface area contributed by atoms with Crippen LogP contribution in [0.5, 0.6) is 0 Å². The molecule has 1 heterocycles. The number of amides is 2. The summed E-state index contributed by atoms with van der Waals surface area (Å²) in [5.41, 5.74) is 4.12. The SMILES string of the molecule is Cc1cc(C)n(Cc2ccc(C(=O)N(C)CC(=O)Nc3ccc(Cl)c(Cl)c3)cc2)n1. The molecule has 6 nitrogen and oxygen atoms in total. The lowest BCUT2D eigenvalue weighted by atomic mass is 10.1. The number of nitrogens with zero attached hydrogens (tertiary/aromatic N) is 3. The predicted molar refractivity (Wildman–Crippen MR) is 119 cm³/mol. The Labute approximate surface area is 185 Å². The van der Waals surface area contributed by atoms with Crippen molar-refractivity contribution < 1.29 is 9.59 Å². The standard InChI is InChI=1S/C22H22Cl2N4O2/c1-14-10-15(2)28(26-14)12-16-4-6-17(7-5-16)22(30)27(3)13-21(29)25-18-8-9-19(23)20(24)11-18/h4-11H,12-13H2,1-3H3,(H,25,29). The topological polar surface area (TPSA) is 67.2 Å². The summed E-state index contributed by atoms with van der Waals surface area (Å²) in [6, 6.07) is 14.1. The molecule has 0 spiro atoms. The minimum absolute atomic E-state index is 0.0907. The number of aryl methyl sites for hydroxylation is 2. The molecule has 2 aromatic carbocycles. The maximum atomic E-state index is 12.6. The molecule has 0 bridgehead atoms. The fraction of sp³-hybridized carbons (Fsp3) is 0.227. The number of anilines is 1. The Kier molecular flexibility index (Phi) is 6.80. The van der Waals surface area contributed by atoms with Crippen molar-refractivity contribution in [1.82, 2.24) is 14.7 Å². The second-order valence-corrected chi connectivity index (χ2v) is 7.93. The number of carbonyl (C=O) groups is 2. The highest BCUT2D eigenvalue weighted by Gasteiger charge is 2.15. The molecule has 0 aliphatic heterocycles. The largest absolute Gasteiger partial charge is 0.332 e. The van der Waals surface area contributed by atoms with Crippen molar-refractivity contribution in [2.75, 3.05) is 18.9 Å². The van der Waals surface area contributed by atoms with E-state index in [1.807, 2.05) is 36.7 Å². The van der Waals surface area contributed by atoms with E-state index >= 15 is 0 Å². The lowest BCUT2D eigenvalue weighted by Crippen LogP contribution is -2.34. The molecule has 0 atom stereocenters. The van der Waals surface area contributed by atoms with E-state index in [4.69, 9.17) is 23.2 Å². The minimum atomic E-state index is -0.328. The first-order chi connectivity index (χ1) is 14.2. The summed E-state index contributed by atoms with van der Waals surface area (Å²) in [5, 5.41) is 7.91. The second-order valence-electron chi connectivity index (χ2n) is 7.12. The third-order valence-corrected chi connectivity index (χ3v) is 5.31. The number of aromatic nitrogens is 2. The molecule has 0 fully saturated rings. The van der Waals surface area contributed by atoms with Crippen molar-refractivity contribution in [3.8, 4) is 0 Å². The Morgan fingerprint density at radius 1 is 1.03 bits per heavy atom. The van der Waals surface area contributed by atoms with Gasteiger partial charge in [-0.15, -0.1) is 0 Å². The first-order valence-electron chi connectivity index (χ1n) is 9.33. The highest BCUT2D eigenvalue weighted by atomic mass is 35.5. The van der Waals surface area contributed by atoms with Gasteiger partial charge < -0.3 is 10.2 Å². The third-order valence-electron chi connectivity index (χ3n) is 4.57. The highest BCUT2D eigenvalue weighted by molar-refractivity contribution is 6.42. The summed E-state index contributed by atoms with van der Waals surface area (Å²) in [6.45, 7) is 4.51. The van der Waals surface area contributed by atoms with Crippen molar-refractivity contribution in [1.29, 1.82) is 0 Å². The van der Waals surface area contributed by atoms with Gasteiger partial charge >= 0.3 is 0 Å². The molecule has 0 radical (unpaired) electrons. The zero-order chi connectivity index (χ0) is 21.8. The summed E-state index contributed by atoms with van der Waals surface area (Å²) in [7, 11) is 1.58. The highest BCUT2D eigenvalue weighted by Crippen LogP contribution is 2.25. The summed E-state index contributed by atoms with van der Waals surface area (Å²) in [6.07, 6.45) is 0. The van der Waals surface area contributed by atoms with Crippen LogP contribution in [0, 0.1) is 13.8 Å². The van der Waals surface area contributed by atoms with Crippen molar-refractivity contribution in [3.63, 3.8) is 0 Å². The van der Waals surface area contributed by atoms with Gasteiger partial charge in [-0.25, -0.2) is 0 Å². The number of halogens is 2. The average molecular weight is 445 g/mol. The minimum Gasteiger partial charge on any atom is -0.332 e. The van der Waals surface area contributed by atoms with E-state index in [1.54, 1.807) is 37.4 Å². The van der Waals surface area contributed by atoms with Gasteiger partial charge in [-0.2, -0.15) is 5.10 Å². The molecule has 30 heavy (non-hydrogen) atoms.